The predicted molar refractivity (Wildman–Crippen MR) is 111 cm³/mol. The van der Waals surface area contributed by atoms with Crippen LogP contribution in [0.1, 0.15) is 62.4 Å². The number of rotatable bonds is 5. The fraction of sp³-hybridized carbons (Fsp3) is 0.636. The van der Waals surface area contributed by atoms with Gasteiger partial charge in [0.25, 0.3) is 5.91 Å². The Morgan fingerprint density at radius 1 is 1.24 bits per heavy atom. The van der Waals surface area contributed by atoms with Gasteiger partial charge in [-0.05, 0) is 42.6 Å². The number of Topliss-reactive ketones (excluding diaryl/α,β-unsaturated/α-hetero) is 1. The van der Waals surface area contributed by atoms with Crippen LogP contribution in [0.15, 0.2) is 24.3 Å². The van der Waals surface area contributed by atoms with Crippen LogP contribution in [-0.4, -0.2) is 42.2 Å². The molecule has 3 aliphatic rings. The number of nitrogens with zero attached hydrogens (tertiary/aromatic N) is 1. The molecule has 2 bridgehead atoms. The molecular weight excluding hydrogens is 388 g/mol. The number of ketones is 1. The van der Waals surface area contributed by atoms with E-state index in [4.69, 9.17) is 5.73 Å². The molecular formula is C22H30N2O4S. The Kier molecular flexibility index (Phi) is 4.70. The van der Waals surface area contributed by atoms with Crippen LogP contribution >= 0.6 is 0 Å². The zero-order valence-corrected chi connectivity index (χ0v) is 18.2. The van der Waals surface area contributed by atoms with E-state index in [-0.39, 0.29) is 34.8 Å². The van der Waals surface area contributed by atoms with Gasteiger partial charge in [0.1, 0.15) is 0 Å². The van der Waals surface area contributed by atoms with E-state index in [1.165, 1.54) is 0 Å². The molecule has 1 aromatic rings. The molecule has 2 saturated carbocycles. The molecule has 0 aromatic heterocycles. The lowest BCUT2D eigenvalue weighted by atomic mass is 9.69. The quantitative estimate of drug-likeness (QED) is 0.741. The lowest BCUT2D eigenvalue weighted by molar-refractivity contribution is -0.130. The minimum atomic E-state index is -3.66. The van der Waals surface area contributed by atoms with Gasteiger partial charge in [0, 0.05) is 17.4 Å². The highest BCUT2D eigenvalue weighted by Crippen LogP contribution is 2.69. The first-order chi connectivity index (χ1) is 13.5. The van der Waals surface area contributed by atoms with Crippen molar-refractivity contribution in [2.75, 3.05) is 5.75 Å². The van der Waals surface area contributed by atoms with Gasteiger partial charge in [-0.2, -0.15) is 0 Å². The number of carbonyl (C=O) groups is 2. The van der Waals surface area contributed by atoms with Crippen molar-refractivity contribution in [3.63, 3.8) is 0 Å². The van der Waals surface area contributed by atoms with Gasteiger partial charge in [0.2, 0.25) is 10.0 Å². The molecule has 1 aliphatic heterocycles. The van der Waals surface area contributed by atoms with Gasteiger partial charge in [0.05, 0.1) is 17.8 Å². The molecule has 0 radical (unpaired) electrons. The first-order valence-electron chi connectivity index (χ1n) is 10.5. The van der Waals surface area contributed by atoms with Crippen LogP contribution in [0.5, 0.6) is 0 Å². The molecule has 158 valence electrons. The van der Waals surface area contributed by atoms with Crippen LogP contribution < -0.4 is 5.73 Å². The van der Waals surface area contributed by atoms with E-state index < -0.39 is 22.0 Å². The largest absolute Gasteiger partial charge is 0.320 e. The van der Waals surface area contributed by atoms with Crippen molar-refractivity contribution >= 4 is 21.7 Å². The van der Waals surface area contributed by atoms with Crippen LogP contribution in [0, 0.1) is 16.7 Å². The smallest absolute Gasteiger partial charge is 0.253 e. The Morgan fingerprint density at radius 3 is 2.48 bits per heavy atom. The highest BCUT2D eigenvalue weighted by molar-refractivity contribution is 7.90. The Labute approximate surface area is 172 Å². The standard InChI is InChI=1S/C22H30N2O4S/c1-4-18(25)15-7-5-14(6-8-15)11-17(23)20(26)24-19-12-16-9-10-22(19,21(16,2)3)13-29(24,27)28/h5-8,16-17,19H,4,9-13,23H2,1-3H3/t16-,17+,19-,22-/m1/s1. The molecule has 3 fully saturated rings. The van der Waals surface area contributed by atoms with E-state index in [2.05, 4.69) is 13.8 Å². The third-order valence-corrected chi connectivity index (χ3v) is 9.91. The zero-order valence-electron chi connectivity index (χ0n) is 17.3. The first kappa shape index (κ1) is 20.5. The second kappa shape index (κ2) is 6.64. The van der Waals surface area contributed by atoms with E-state index >= 15 is 0 Å². The summed E-state index contributed by atoms with van der Waals surface area (Å²) < 4.78 is 27.2. The van der Waals surface area contributed by atoms with Crippen molar-refractivity contribution in [3.8, 4) is 0 Å². The topological polar surface area (TPSA) is 97.5 Å². The molecule has 4 atom stereocenters. The van der Waals surface area contributed by atoms with Crippen molar-refractivity contribution in [1.82, 2.24) is 4.31 Å². The van der Waals surface area contributed by atoms with E-state index in [9.17, 15) is 18.0 Å². The number of hydrogen-bond donors (Lipinski definition) is 1. The van der Waals surface area contributed by atoms with E-state index in [1.807, 2.05) is 6.92 Å². The lowest BCUT2D eigenvalue weighted by Gasteiger charge is -2.37. The second-order valence-corrected chi connectivity index (χ2v) is 11.4. The van der Waals surface area contributed by atoms with Crippen LogP contribution in [0.2, 0.25) is 0 Å². The van der Waals surface area contributed by atoms with E-state index in [1.54, 1.807) is 24.3 Å². The van der Waals surface area contributed by atoms with Gasteiger partial charge >= 0.3 is 0 Å². The number of amides is 1. The molecule has 1 heterocycles. The van der Waals surface area contributed by atoms with Crippen molar-refractivity contribution in [3.05, 3.63) is 35.4 Å². The fourth-order valence-electron chi connectivity index (χ4n) is 6.11. The van der Waals surface area contributed by atoms with E-state index in [0.29, 0.717) is 17.9 Å². The molecule has 6 nitrogen and oxygen atoms in total. The molecule has 1 amide bonds. The Hall–Kier alpha value is -1.73. The van der Waals surface area contributed by atoms with Crippen molar-refractivity contribution < 1.29 is 18.0 Å². The van der Waals surface area contributed by atoms with Gasteiger partial charge in [0.15, 0.2) is 5.78 Å². The summed E-state index contributed by atoms with van der Waals surface area (Å²) >= 11 is 0. The number of benzene rings is 1. The number of sulfonamides is 1. The number of carbonyl (C=O) groups excluding carboxylic acids is 2. The number of fused-ring (bicyclic) bond motifs is 1. The Bertz CT molecular complexity index is 954. The summed E-state index contributed by atoms with van der Waals surface area (Å²) in [5, 5.41) is 0. The van der Waals surface area contributed by atoms with Gasteiger partial charge in [-0.3, -0.25) is 9.59 Å². The highest BCUT2D eigenvalue weighted by atomic mass is 32.2. The lowest BCUT2D eigenvalue weighted by Crippen LogP contribution is -2.50. The van der Waals surface area contributed by atoms with Crippen LogP contribution in [0.25, 0.3) is 0 Å². The molecule has 7 heteroatoms. The van der Waals surface area contributed by atoms with Crippen LogP contribution in [0.3, 0.4) is 0 Å². The number of hydrogen-bond acceptors (Lipinski definition) is 5. The normalized spacial score (nSPS) is 32.2. The van der Waals surface area contributed by atoms with Crippen LogP contribution in [0.4, 0.5) is 0 Å². The second-order valence-electron chi connectivity index (χ2n) is 9.54. The van der Waals surface area contributed by atoms with Gasteiger partial charge in [-0.15, -0.1) is 0 Å². The minimum Gasteiger partial charge on any atom is -0.320 e. The SMILES string of the molecule is CCC(=O)c1ccc(C[C@H](N)C(=O)N2[C@@H]3C[C@H]4CC[C@]3(CS2(=O)=O)C4(C)C)cc1. The molecule has 4 rings (SSSR count). The fourth-order valence-corrected chi connectivity index (χ4v) is 8.70. The zero-order chi connectivity index (χ0) is 21.2. The molecule has 1 saturated heterocycles. The summed E-state index contributed by atoms with van der Waals surface area (Å²) in [6.07, 6.45) is 3.33. The van der Waals surface area contributed by atoms with Gasteiger partial charge in [-0.1, -0.05) is 45.0 Å². The molecule has 1 spiro atoms. The number of nitrogens with two attached hydrogens (primary N) is 1. The molecule has 2 N–H and O–H groups in total. The van der Waals surface area contributed by atoms with Crippen molar-refractivity contribution in [2.45, 2.75) is 65.0 Å². The molecule has 29 heavy (non-hydrogen) atoms. The third-order valence-electron chi connectivity index (χ3n) is 8.00. The Balaban J connectivity index is 1.54. The van der Waals surface area contributed by atoms with Crippen molar-refractivity contribution in [1.29, 1.82) is 0 Å². The summed E-state index contributed by atoms with van der Waals surface area (Å²) in [5.41, 5.74) is 7.23. The maximum atomic E-state index is 13.2. The summed E-state index contributed by atoms with van der Waals surface area (Å²) in [7, 11) is -3.66. The monoisotopic (exact) mass is 418 g/mol. The van der Waals surface area contributed by atoms with Gasteiger partial charge in [-0.25, -0.2) is 12.7 Å². The maximum Gasteiger partial charge on any atom is 0.253 e. The Morgan fingerprint density at radius 2 is 1.90 bits per heavy atom. The summed E-state index contributed by atoms with van der Waals surface area (Å²) in [4.78, 5) is 25.0. The molecule has 1 aromatic carbocycles. The maximum absolute atomic E-state index is 13.2. The first-order valence-corrected chi connectivity index (χ1v) is 12.1. The summed E-state index contributed by atoms with van der Waals surface area (Å²) in [6, 6.07) is 5.86. The predicted octanol–water partition coefficient (Wildman–Crippen LogP) is 2.52. The average Bonchev–Trinajstić information content (AvgIpc) is 3.15. The minimum absolute atomic E-state index is 0.0560. The average molecular weight is 419 g/mol. The molecule has 0 unspecified atom stereocenters. The van der Waals surface area contributed by atoms with Gasteiger partial charge < -0.3 is 5.73 Å². The summed E-state index contributed by atoms with van der Waals surface area (Å²) in [5.74, 6) is 0.0758. The summed E-state index contributed by atoms with van der Waals surface area (Å²) in [6.45, 7) is 6.13. The van der Waals surface area contributed by atoms with Crippen molar-refractivity contribution in [2.24, 2.45) is 22.5 Å². The highest BCUT2D eigenvalue weighted by Gasteiger charge is 2.72. The molecule has 2 aliphatic carbocycles. The third kappa shape index (κ3) is 2.88. The van der Waals surface area contributed by atoms with Crippen LogP contribution in [-0.2, 0) is 21.2 Å². The van der Waals surface area contributed by atoms with E-state index in [0.717, 1.165) is 29.1 Å².